The number of guanidine groups is 1. The predicted molar refractivity (Wildman–Crippen MR) is 106 cm³/mol. The number of aryl methyl sites for hydroxylation is 1. The van der Waals surface area contributed by atoms with Crippen LogP contribution in [0.5, 0.6) is 0 Å². The number of halogens is 2. The normalized spacial score (nSPS) is 18.0. The summed E-state index contributed by atoms with van der Waals surface area (Å²) in [5.41, 5.74) is 2.50. The summed E-state index contributed by atoms with van der Waals surface area (Å²) >= 11 is 3.49. The van der Waals surface area contributed by atoms with Gasteiger partial charge in [0.25, 0.3) is 0 Å². The van der Waals surface area contributed by atoms with E-state index in [-0.39, 0.29) is 24.0 Å². The molecular formula is C16H25BrIN3O. The minimum atomic E-state index is 0. The number of nitrogens with zero attached hydrogens (tertiary/aromatic N) is 1. The standard InChI is InChI=1S/C16H24BrN3O.HI/c1-3-18-16(20-11-15-5-4-8-21-15)19-10-13-6-7-14(17)9-12(13)2;/h6-7,9,15H,3-5,8,10-11H2,1-2H3,(H2,18,19,20);1H. The van der Waals surface area contributed by atoms with E-state index in [2.05, 4.69) is 63.6 Å². The lowest BCUT2D eigenvalue weighted by molar-refractivity contribution is 0.114. The monoisotopic (exact) mass is 481 g/mol. The van der Waals surface area contributed by atoms with E-state index >= 15 is 0 Å². The smallest absolute Gasteiger partial charge is 0.191 e. The number of ether oxygens (including phenoxy) is 1. The van der Waals surface area contributed by atoms with Crippen molar-refractivity contribution in [2.75, 3.05) is 19.7 Å². The van der Waals surface area contributed by atoms with Crippen LogP contribution in [0.25, 0.3) is 0 Å². The first-order chi connectivity index (χ1) is 10.2. The minimum Gasteiger partial charge on any atom is -0.376 e. The lowest BCUT2D eigenvalue weighted by Crippen LogP contribution is -2.41. The van der Waals surface area contributed by atoms with Gasteiger partial charge in [0.05, 0.1) is 12.6 Å². The third kappa shape index (κ3) is 6.42. The van der Waals surface area contributed by atoms with Crippen molar-refractivity contribution in [2.45, 2.75) is 39.3 Å². The van der Waals surface area contributed by atoms with Crippen LogP contribution in [0, 0.1) is 6.92 Å². The Morgan fingerprint density at radius 3 is 2.86 bits per heavy atom. The summed E-state index contributed by atoms with van der Waals surface area (Å²) in [6, 6.07) is 6.30. The molecule has 0 aliphatic carbocycles. The van der Waals surface area contributed by atoms with Crippen molar-refractivity contribution in [1.29, 1.82) is 0 Å². The van der Waals surface area contributed by atoms with Crippen molar-refractivity contribution in [3.05, 3.63) is 33.8 Å². The number of hydrogen-bond acceptors (Lipinski definition) is 2. The molecule has 0 spiro atoms. The second-order valence-corrected chi connectivity index (χ2v) is 6.20. The van der Waals surface area contributed by atoms with Gasteiger partial charge in [0.2, 0.25) is 0 Å². The van der Waals surface area contributed by atoms with Gasteiger partial charge in [0.15, 0.2) is 5.96 Å². The highest BCUT2D eigenvalue weighted by Gasteiger charge is 2.15. The zero-order valence-corrected chi connectivity index (χ0v) is 17.1. The third-order valence-electron chi connectivity index (χ3n) is 3.58. The average molecular weight is 482 g/mol. The van der Waals surface area contributed by atoms with Crippen LogP contribution in [0.4, 0.5) is 0 Å². The summed E-state index contributed by atoms with van der Waals surface area (Å²) in [6.07, 6.45) is 2.62. The zero-order valence-electron chi connectivity index (χ0n) is 13.2. The van der Waals surface area contributed by atoms with Crippen LogP contribution < -0.4 is 10.6 Å². The number of benzene rings is 1. The molecule has 1 saturated heterocycles. The van der Waals surface area contributed by atoms with Gasteiger partial charge in [-0.1, -0.05) is 22.0 Å². The molecule has 2 N–H and O–H groups in total. The van der Waals surface area contributed by atoms with Crippen LogP contribution in [0.15, 0.2) is 27.7 Å². The average Bonchev–Trinajstić information content (AvgIpc) is 2.96. The maximum atomic E-state index is 5.63. The highest BCUT2D eigenvalue weighted by Crippen LogP contribution is 2.16. The van der Waals surface area contributed by atoms with Gasteiger partial charge in [-0.3, -0.25) is 0 Å². The molecule has 1 atom stereocenters. The van der Waals surface area contributed by atoms with Crippen molar-refractivity contribution in [1.82, 2.24) is 10.6 Å². The summed E-state index contributed by atoms with van der Waals surface area (Å²) in [4.78, 5) is 4.66. The molecule has 1 heterocycles. The van der Waals surface area contributed by atoms with E-state index in [9.17, 15) is 0 Å². The maximum Gasteiger partial charge on any atom is 0.191 e. The van der Waals surface area contributed by atoms with Gasteiger partial charge in [-0.25, -0.2) is 4.99 Å². The third-order valence-corrected chi connectivity index (χ3v) is 4.07. The Hall–Kier alpha value is -0.340. The Kier molecular flexibility index (Phi) is 9.35. The van der Waals surface area contributed by atoms with Crippen molar-refractivity contribution in [2.24, 2.45) is 4.99 Å². The first-order valence-corrected chi connectivity index (χ1v) is 8.37. The highest BCUT2D eigenvalue weighted by molar-refractivity contribution is 14.0. The first-order valence-electron chi connectivity index (χ1n) is 7.58. The van der Waals surface area contributed by atoms with E-state index in [1.54, 1.807) is 0 Å². The van der Waals surface area contributed by atoms with Gasteiger partial charge in [0, 0.05) is 24.2 Å². The quantitative estimate of drug-likeness (QED) is 0.383. The Morgan fingerprint density at radius 2 is 2.23 bits per heavy atom. The molecule has 1 aromatic carbocycles. The van der Waals surface area contributed by atoms with Gasteiger partial charge in [-0.2, -0.15) is 0 Å². The Labute approximate surface area is 158 Å². The molecule has 124 valence electrons. The van der Waals surface area contributed by atoms with Crippen LogP contribution in [-0.4, -0.2) is 31.8 Å². The second kappa shape index (κ2) is 10.4. The fourth-order valence-corrected chi connectivity index (χ4v) is 2.83. The van der Waals surface area contributed by atoms with E-state index in [1.165, 1.54) is 11.1 Å². The van der Waals surface area contributed by atoms with Crippen molar-refractivity contribution in [3.8, 4) is 0 Å². The number of aliphatic imine (C=N–C) groups is 1. The SMILES string of the molecule is CCNC(=NCc1ccc(Br)cc1C)NCC1CCCO1.I. The molecule has 4 nitrogen and oxygen atoms in total. The molecule has 0 saturated carbocycles. The summed E-state index contributed by atoms with van der Waals surface area (Å²) in [6.45, 7) is 7.44. The molecule has 1 aliphatic rings. The summed E-state index contributed by atoms with van der Waals surface area (Å²) in [5, 5.41) is 6.65. The maximum absolute atomic E-state index is 5.63. The molecule has 0 aromatic heterocycles. The van der Waals surface area contributed by atoms with E-state index in [0.29, 0.717) is 12.6 Å². The molecule has 2 rings (SSSR count). The van der Waals surface area contributed by atoms with E-state index < -0.39 is 0 Å². The fourth-order valence-electron chi connectivity index (χ4n) is 2.36. The summed E-state index contributed by atoms with van der Waals surface area (Å²) in [5.74, 6) is 0.857. The molecule has 1 aliphatic heterocycles. The Bertz CT molecular complexity index is 490. The van der Waals surface area contributed by atoms with Crippen LogP contribution >= 0.6 is 39.9 Å². The lowest BCUT2D eigenvalue weighted by atomic mass is 10.1. The van der Waals surface area contributed by atoms with Gasteiger partial charge in [-0.05, 0) is 49.9 Å². The fraction of sp³-hybridized carbons (Fsp3) is 0.562. The first kappa shape index (κ1) is 19.7. The van der Waals surface area contributed by atoms with Crippen LogP contribution in [-0.2, 0) is 11.3 Å². The highest BCUT2D eigenvalue weighted by atomic mass is 127. The zero-order chi connectivity index (χ0) is 15.1. The van der Waals surface area contributed by atoms with Crippen molar-refractivity contribution >= 4 is 45.9 Å². The minimum absolute atomic E-state index is 0. The van der Waals surface area contributed by atoms with E-state index in [0.717, 1.165) is 43.0 Å². The molecular weight excluding hydrogens is 457 g/mol. The largest absolute Gasteiger partial charge is 0.376 e. The second-order valence-electron chi connectivity index (χ2n) is 5.28. The van der Waals surface area contributed by atoms with Gasteiger partial charge in [0.1, 0.15) is 0 Å². The van der Waals surface area contributed by atoms with Crippen LogP contribution in [0.1, 0.15) is 30.9 Å². The Morgan fingerprint density at radius 1 is 1.41 bits per heavy atom. The van der Waals surface area contributed by atoms with Crippen molar-refractivity contribution < 1.29 is 4.74 Å². The van der Waals surface area contributed by atoms with Gasteiger partial charge in [-0.15, -0.1) is 24.0 Å². The van der Waals surface area contributed by atoms with E-state index in [1.807, 2.05) is 0 Å². The lowest BCUT2D eigenvalue weighted by Gasteiger charge is -2.15. The number of hydrogen-bond donors (Lipinski definition) is 2. The molecule has 1 fully saturated rings. The summed E-state index contributed by atoms with van der Waals surface area (Å²) in [7, 11) is 0. The molecule has 1 aromatic rings. The van der Waals surface area contributed by atoms with E-state index in [4.69, 9.17) is 4.74 Å². The molecule has 0 amide bonds. The van der Waals surface area contributed by atoms with Crippen molar-refractivity contribution in [3.63, 3.8) is 0 Å². The molecule has 0 radical (unpaired) electrons. The molecule has 1 unspecified atom stereocenters. The topological polar surface area (TPSA) is 45.7 Å². The van der Waals surface area contributed by atoms with Crippen LogP contribution in [0.3, 0.4) is 0 Å². The Balaban J connectivity index is 0.00000242. The van der Waals surface area contributed by atoms with Crippen LogP contribution in [0.2, 0.25) is 0 Å². The predicted octanol–water partition coefficient (Wildman–Crippen LogP) is 3.61. The molecule has 6 heteroatoms. The summed E-state index contributed by atoms with van der Waals surface area (Å²) < 4.78 is 6.73. The number of rotatable bonds is 5. The van der Waals surface area contributed by atoms with Gasteiger partial charge < -0.3 is 15.4 Å². The molecule has 0 bridgehead atoms. The number of nitrogens with one attached hydrogen (secondary N) is 2. The van der Waals surface area contributed by atoms with Gasteiger partial charge >= 0.3 is 0 Å². The molecule has 22 heavy (non-hydrogen) atoms.